The molecule has 1 aliphatic heterocycles. The highest BCUT2D eigenvalue weighted by Gasteiger charge is 2.37. The number of H-pyrrole nitrogens is 1. The molecule has 0 radical (unpaired) electrons. The van der Waals surface area contributed by atoms with Gasteiger partial charge in [0.05, 0.1) is 0 Å². The molecule has 0 bridgehead atoms. The Hall–Kier alpha value is -1.78. The van der Waals surface area contributed by atoms with Crippen LogP contribution in [0.4, 0.5) is 0 Å². The second-order valence-electron chi connectivity index (χ2n) is 7.72. The zero-order valence-corrected chi connectivity index (χ0v) is 15.0. The second kappa shape index (κ2) is 6.99. The number of carbonyl (C=O) groups is 2. The molecular formula is C19H29N3O2. The van der Waals surface area contributed by atoms with Crippen molar-refractivity contribution in [1.82, 2.24) is 14.8 Å². The van der Waals surface area contributed by atoms with Crippen molar-refractivity contribution in [3.8, 4) is 0 Å². The molecule has 1 aromatic heterocycles. The predicted molar refractivity (Wildman–Crippen MR) is 93.8 cm³/mol. The Kier molecular flexibility index (Phi) is 4.97. The number of amides is 2. The van der Waals surface area contributed by atoms with Crippen molar-refractivity contribution in [2.24, 2.45) is 5.92 Å². The van der Waals surface area contributed by atoms with Crippen LogP contribution in [0.2, 0.25) is 0 Å². The Morgan fingerprint density at radius 1 is 1.33 bits per heavy atom. The zero-order chi connectivity index (χ0) is 17.3. The number of likely N-dealkylation sites (tertiary alicyclic amines) is 1. The first-order valence-electron chi connectivity index (χ1n) is 9.21. The minimum atomic E-state index is 0.0757. The van der Waals surface area contributed by atoms with Gasteiger partial charge >= 0.3 is 0 Å². The molecule has 2 amide bonds. The van der Waals surface area contributed by atoms with Crippen molar-refractivity contribution in [1.29, 1.82) is 0 Å². The number of carbonyl (C=O) groups excluding carboxylic acids is 2. The first-order chi connectivity index (χ1) is 11.5. The van der Waals surface area contributed by atoms with E-state index in [1.54, 1.807) is 6.92 Å². The SMILES string of the molecule is CC(=O)N(CC1CCCN1C(=O)c1cc(CC(C)C)c[nH]1)C1CC1. The van der Waals surface area contributed by atoms with Gasteiger partial charge in [0, 0.05) is 38.3 Å². The molecule has 1 atom stereocenters. The van der Waals surface area contributed by atoms with Gasteiger partial charge in [0.15, 0.2) is 0 Å². The van der Waals surface area contributed by atoms with E-state index < -0.39 is 0 Å². The minimum Gasteiger partial charge on any atom is -0.357 e. The lowest BCUT2D eigenvalue weighted by atomic mass is 10.1. The topological polar surface area (TPSA) is 56.4 Å². The molecule has 1 N–H and O–H groups in total. The largest absolute Gasteiger partial charge is 0.357 e. The summed E-state index contributed by atoms with van der Waals surface area (Å²) < 4.78 is 0. The van der Waals surface area contributed by atoms with Gasteiger partial charge in [-0.2, -0.15) is 0 Å². The van der Waals surface area contributed by atoms with Gasteiger partial charge < -0.3 is 14.8 Å². The van der Waals surface area contributed by atoms with E-state index in [0.29, 0.717) is 24.2 Å². The van der Waals surface area contributed by atoms with Crippen LogP contribution in [0.3, 0.4) is 0 Å². The standard InChI is InChI=1S/C19H29N3O2/c1-13(2)9-15-10-18(20-11-15)19(24)21-8-4-5-17(21)12-22(14(3)23)16-6-7-16/h10-11,13,16-17,20H,4-9,12H2,1-3H3. The van der Waals surface area contributed by atoms with Gasteiger partial charge in [0.25, 0.3) is 5.91 Å². The van der Waals surface area contributed by atoms with Crippen LogP contribution in [0.15, 0.2) is 12.3 Å². The number of hydrogen-bond acceptors (Lipinski definition) is 2. The van der Waals surface area contributed by atoms with Gasteiger partial charge in [-0.05, 0) is 49.7 Å². The van der Waals surface area contributed by atoms with E-state index in [-0.39, 0.29) is 17.9 Å². The lowest BCUT2D eigenvalue weighted by Gasteiger charge is -2.30. The summed E-state index contributed by atoms with van der Waals surface area (Å²) in [5.74, 6) is 0.786. The van der Waals surface area contributed by atoms with Crippen molar-refractivity contribution in [3.63, 3.8) is 0 Å². The average molecular weight is 331 g/mol. The summed E-state index contributed by atoms with van der Waals surface area (Å²) in [6.07, 6.45) is 7.15. The number of rotatable bonds is 6. The van der Waals surface area contributed by atoms with Gasteiger partial charge in [-0.15, -0.1) is 0 Å². The normalized spacial score (nSPS) is 20.7. The third-order valence-electron chi connectivity index (χ3n) is 5.05. The molecule has 2 fully saturated rings. The molecule has 2 heterocycles. The van der Waals surface area contributed by atoms with E-state index in [1.807, 2.05) is 22.1 Å². The third kappa shape index (κ3) is 3.82. The van der Waals surface area contributed by atoms with Crippen LogP contribution in [-0.4, -0.2) is 51.8 Å². The minimum absolute atomic E-state index is 0.0757. The first-order valence-corrected chi connectivity index (χ1v) is 9.21. The average Bonchev–Trinajstić information content (AvgIpc) is 3.06. The van der Waals surface area contributed by atoms with Gasteiger partial charge in [-0.25, -0.2) is 0 Å². The first kappa shape index (κ1) is 17.1. The van der Waals surface area contributed by atoms with Crippen molar-refractivity contribution in [3.05, 3.63) is 23.5 Å². The van der Waals surface area contributed by atoms with Gasteiger partial charge in [0.2, 0.25) is 5.91 Å². The number of aromatic nitrogens is 1. The quantitative estimate of drug-likeness (QED) is 0.871. The fourth-order valence-electron chi connectivity index (χ4n) is 3.75. The summed E-state index contributed by atoms with van der Waals surface area (Å²) >= 11 is 0. The highest BCUT2D eigenvalue weighted by atomic mass is 16.2. The summed E-state index contributed by atoms with van der Waals surface area (Å²) in [4.78, 5) is 31.8. The molecule has 1 unspecified atom stereocenters. The van der Waals surface area contributed by atoms with Crippen LogP contribution < -0.4 is 0 Å². The van der Waals surface area contributed by atoms with E-state index in [1.165, 1.54) is 5.56 Å². The molecule has 1 saturated carbocycles. The van der Waals surface area contributed by atoms with Gasteiger partial charge in [0.1, 0.15) is 5.69 Å². The molecule has 1 aromatic rings. The summed E-state index contributed by atoms with van der Waals surface area (Å²) in [6, 6.07) is 2.54. The number of nitrogens with one attached hydrogen (secondary N) is 1. The Morgan fingerprint density at radius 3 is 2.71 bits per heavy atom. The van der Waals surface area contributed by atoms with Crippen molar-refractivity contribution in [2.45, 2.75) is 65.0 Å². The maximum Gasteiger partial charge on any atom is 0.270 e. The maximum absolute atomic E-state index is 12.9. The molecule has 1 aliphatic carbocycles. The molecule has 3 rings (SSSR count). The Bertz CT molecular complexity index is 604. The van der Waals surface area contributed by atoms with Crippen LogP contribution in [0, 0.1) is 5.92 Å². The zero-order valence-electron chi connectivity index (χ0n) is 15.0. The summed E-state index contributed by atoms with van der Waals surface area (Å²) in [5, 5.41) is 0. The summed E-state index contributed by atoms with van der Waals surface area (Å²) in [7, 11) is 0. The van der Waals surface area contributed by atoms with Crippen LogP contribution >= 0.6 is 0 Å². The monoisotopic (exact) mass is 331 g/mol. The van der Waals surface area contributed by atoms with Crippen molar-refractivity contribution < 1.29 is 9.59 Å². The molecule has 1 saturated heterocycles. The van der Waals surface area contributed by atoms with E-state index in [2.05, 4.69) is 18.8 Å². The van der Waals surface area contributed by atoms with Crippen LogP contribution in [-0.2, 0) is 11.2 Å². The molecule has 0 spiro atoms. The number of nitrogens with zero attached hydrogens (tertiary/aromatic N) is 2. The van der Waals surface area contributed by atoms with Gasteiger partial charge in [-0.1, -0.05) is 13.8 Å². The Morgan fingerprint density at radius 2 is 2.08 bits per heavy atom. The van der Waals surface area contributed by atoms with Crippen LogP contribution in [0.5, 0.6) is 0 Å². The summed E-state index contributed by atoms with van der Waals surface area (Å²) in [5.41, 5.74) is 1.87. The van der Waals surface area contributed by atoms with Gasteiger partial charge in [-0.3, -0.25) is 9.59 Å². The third-order valence-corrected chi connectivity index (χ3v) is 5.05. The maximum atomic E-state index is 12.9. The smallest absolute Gasteiger partial charge is 0.270 e. The van der Waals surface area contributed by atoms with E-state index in [4.69, 9.17) is 0 Å². The van der Waals surface area contributed by atoms with E-state index >= 15 is 0 Å². The molecule has 2 aliphatic rings. The molecule has 132 valence electrons. The molecule has 24 heavy (non-hydrogen) atoms. The molecular weight excluding hydrogens is 302 g/mol. The lowest BCUT2D eigenvalue weighted by molar-refractivity contribution is -0.130. The highest BCUT2D eigenvalue weighted by Crippen LogP contribution is 2.29. The van der Waals surface area contributed by atoms with Crippen LogP contribution in [0.25, 0.3) is 0 Å². The highest BCUT2D eigenvalue weighted by molar-refractivity contribution is 5.93. The Balaban J connectivity index is 1.66. The lowest BCUT2D eigenvalue weighted by Crippen LogP contribution is -2.45. The fraction of sp³-hybridized carbons (Fsp3) is 0.684. The van der Waals surface area contributed by atoms with Crippen molar-refractivity contribution >= 4 is 11.8 Å². The number of aromatic amines is 1. The second-order valence-corrected chi connectivity index (χ2v) is 7.72. The van der Waals surface area contributed by atoms with Crippen molar-refractivity contribution in [2.75, 3.05) is 13.1 Å². The van der Waals surface area contributed by atoms with E-state index in [0.717, 1.165) is 38.6 Å². The summed E-state index contributed by atoms with van der Waals surface area (Å²) in [6.45, 7) is 7.48. The van der Waals surface area contributed by atoms with E-state index in [9.17, 15) is 9.59 Å². The molecule has 5 heteroatoms. The predicted octanol–water partition coefficient (Wildman–Crippen LogP) is 2.83. The van der Waals surface area contributed by atoms with Crippen LogP contribution in [0.1, 0.15) is 62.5 Å². The Labute approximate surface area is 144 Å². The molecule has 0 aromatic carbocycles. The molecule has 5 nitrogen and oxygen atoms in total. The fourth-order valence-corrected chi connectivity index (χ4v) is 3.75. The number of hydrogen-bond donors (Lipinski definition) is 1.